The molecule has 2 aliphatic rings. The number of benzene rings is 2. The number of carbonyl (C=O) groups is 1. The van der Waals surface area contributed by atoms with Gasteiger partial charge in [-0.1, -0.05) is 54.6 Å². The molecule has 3 nitrogen and oxygen atoms in total. The molecule has 0 radical (unpaired) electrons. The van der Waals surface area contributed by atoms with Gasteiger partial charge in [-0.2, -0.15) is 0 Å². The number of piperidine rings is 1. The zero-order chi connectivity index (χ0) is 17.1. The predicted octanol–water partition coefficient (Wildman–Crippen LogP) is 3.93. The monoisotopic (exact) mass is 335 g/mol. The lowest BCUT2D eigenvalue weighted by atomic mass is 9.81. The van der Waals surface area contributed by atoms with Crippen molar-refractivity contribution < 1.29 is 9.53 Å². The van der Waals surface area contributed by atoms with Crippen molar-refractivity contribution in [3.8, 4) is 0 Å². The van der Waals surface area contributed by atoms with E-state index in [-0.39, 0.29) is 11.9 Å². The molecule has 0 bridgehead atoms. The Bertz CT molecular complexity index is 735. The van der Waals surface area contributed by atoms with Crippen molar-refractivity contribution in [1.82, 2.24) is 5.32 Å². The first-order chi connectivity index (χ1) is 12.3. The Hall–Kier alpha value is -2.13. The summed E-state index contributed by atoms with van der Waals surface area (Å²) in [4.78, 5) is 13.2. The molecule has 1 aliphatic heterocycles. The third-order valence-electron chi connectivity index (χ3n) is 5.66. The number of esters is 1. The maximum Gasteiger partial charge on any atom is 0.314 e. The SMILES string of the molecule is O=C(OC1(c2ccccc2)CCNCC1)C1CCCc2ccccc21. The summed E-state index contributed by atoms with van der Waals surface area (Å²) in [5.41, 5.74) is 3.09. The molecule has 1 atom stereocenters. The van der Waals surface area contributed by atoms with Crippen molar-refractivity contribution in [2.45, 2.75) is 43.6 Å². The van der Waals surface area contributed by atoms with E-state index < -0.39 is 5.60 Å². The maximum atomic E-state index is 13.2. The Kier molecular flexibility index (Phi) is 4.58. The maximum absolute atomic E-state index is 13.2. The summed E-state index contributed by atoms with van der Waals surface area (Å²) in [5, 5.41) is 3.39. The average Bonchev–Trinajstić information content (AvgIpc) is 2.69. The Balaban J connectivity index is 1.62. The van der Waals surface area contributed by atoms with E-state index in [0.717, 1.165) is 56.3 Å². The molecule has 2 aromatic carbocycles. The van der Waals surface area contributed by atoms with E-state index in [1.807, 2.05) is 24.3 Å². The molecule has 1 N–H and O–H groups in total. The molecule has 0 aromatic heterocycles. The second-order valence-corrected chi connectivity index (χ2v) is 7.18. The van der Waals surface area contributed by atoms with Crippen LogP contribution in [0.15, 0.2) is 54.6 Å². The number of nitrogens with one attached hydrogen (secondary N) is 1. The van der Waals surface area contributed by atoms with Crippen molar-refractivity contribution in [3.05, 3.63) is 71.3 Å². The van der Waals surface area contributed by atoms with Crippen molar-refractivity contribution in [1.29, 1.82) is 0 Å². The summed E-state index contributed by atoms with van der Waals surface area (Å²) in [7, 11) is 0. The normalized spacial score (nSPS) is 22.0. The standard InChI is InChI=1S/C22H25NO2/c24-21(20-12-6-8-17-7-4-5-11-19(17)20)25-22(13-15-23-16-14-22)18-9-2-1-3-10-18/h1-5,7,9-11,20,23H,6,8,12-16H2. The van der Waals surface area contributed by atoms with Gasteiger partial charge in [0, 0.05) is 12.8 Å². The number of carbonyl (C=O) groups excluding carboxylic acids is 1. The quantitative estimate of drug-likeness (QED) is 0.864. The fourth-order valence-electron chi connectivity index (χ4n) is 4.28. The molecule has 0 saturated carbocycles. The fourth-order valence-corrected chi connectivity index (χ4v) is 4.28. The molecule has 4 rings (SSSR count). The van der Waals surface area contributed by atoms with Crippen molar-refractivity contribution in [3.63, 3.8) is 0 Å². The topological polar surface area (TPSA) is 38.3 Å². The highest BCUT2D eigenvalue weighted by Crippen LogP contribution is 2.39. The van der Waals surface area contributed by atoms with Gasteiger partial charge in [0.25, 0.3) is 0 Å². The summed E-state index contributed by atoms with van der Waals surface area (Å²) in [6.45, 7) is 1.76. The summed E-state index contributed by atoms with van der Waals surface area (Å²) in [6.07, 6.45) is 4.66. The van der Waals surface area contributed by atoms with Gasteiger partial charge in [-0.25, -0.2) is 0 Å². The molecule has 1 aliphatic carbocycles. The number of ether oxygens (including phenoxy) is 1. The molecule has 1 saturated heterocycles. The molecule has 3 heteroatoms. The summed E-state index contributed by atoms with van der Waals surface area (Å²) >= 11 is 0. The molecule has 1 fully saturated rings. The van der Waals surface area contributed by atoms with E-state index in [9.17, 15) is 4.79 Å². The highest BCUT2D eigenvalue weighted by molar-refractivity contribution is 5.79. The van der Waals surface area contributed by atoms with Crippen LogP contribution < -0.4 is 5.32 Å². The third-order valence-corrected chi connectivity index (χ3v) is 5.66. The Morgan fingerprint density at radius 2 is 1.72 bits per heavy atom. The molecule has 0 amide bonds. The number of hydrogen-bond acceptors (Lipinski definition) is 3. The lowest BCUT2D eigenvalue weighted by Crippen LogP contribution is -2.44. The van der Waals surface area contributed by atoms with Crippen molar-refractivity contribution >= 4 is 5.97 Å². The molecule has 1 heterocycles. The van der Waals surface area contributed by atoms with Gasteiger partial charge in [0.2, 0.25) is 0 Å². The van der Waals surface area contributed by atoms with Gasteiger partial charge in [0.05, 0.1) is 5.92 Å². The van der Waals surface area contributed by atoms with E-state index >= 15 is 0 Å². The molecule has 0 spiro atoms. The summed E-state index contributed by atoms with van der Waals surface area (Å²) < 4.78 is 6.28. The van der Waals surface area contributed by atoms with E-state index in [1.165, 1.54) is 5.56 Å². The Labute approximate surface area is 149 Å². The fraction of sp³-hybridized carbons (Fsp3) is 0.409. The van der Waals surface area contributed by atoms with E-state index in [4.69, 9.17) is 4.74 Å². The van der Waals surface area contributed by atoms with Crippen LogP contribution in [0.25, 0.3) is 0 Å². The second kappa shape index (κ2) is 7.01. The number of rotatable bonds is 3. The van der Waals surface area contributed by atoms with Crippen LogP contribution in [-0.4, -0.2) is 19.1 Å². The van der Waals surface area contributed by atoms with E-state index in [1.54, 1.807) is 0 Å². The van der Waals surface area contributed by atoms with Crippen LogP contribution in [0, 0.1) is 0 Å². The lowest BCUT2D eigenvalue weighted by molar-refractivity contribution is -0.166. The molecular formula is C22H25NO2. The minimum atomic E-state index is -0.490. The first-order valence-electron chi connectivity index (χ1n) is 9.35. The van der Waals surface area contributed by atoms with Crippen LogP contribution in [0.1, 0.15) is 48.3 Å². The number of fused-ring (bicyclic) bond motifs is 1. The van der Waals surface area contributed by atoms with Crippen molar-refractivity contribution in [2.24, 2.45) is 0 Å². The highest BCUT2D eigenvalue weighted by atomic mass is 16.6. The zero-order valence-electron chi connectivity index (χ0n) is 14.5. The van der Waals surface area contributed by atoms with Gasteiger partial charge < -0.3 is 10.1 Å². The molecule has 130 valence electrons. The minimum absolute atomic E-state index is 0.0575. The van der Waals surface area contributed by atoms with Crippen LogP contribution in [0.4, 0.5) is 0 Å². The van der Waals surface area contributed by atoms with Gasteiger partial charge in [0.15, 0.2) is 0 Å². The van der Waals surface area contributed by atoms with Gasteiger partial charge in [-0.15, -0.1) is 0 Å². The molecule has 25 heavy (non-hydrogen) atoms. The van der Waals surface area contributed by atoms with Crippen molar-refractivity contribution in [2.75, 3.05) is 13.1 Å². The van der Waals surface area contributed by atoms with Gasteiger partial charge in [-0.05, 0) is 49.0 Å². The smallest absolute Gasteiger partial charge is 0.314 e. The second-order valence-electron chi connectivity index (χ2n) is 7.18. The number of aryl methyl sites for hydroxylation is 1. The number of hydrogen-bond donors (Lipinski definition) is 1. The first-order valence-corrected chi connectivity index (χ1v) is 9.35. The summed E-state index contributed by atoms with van der Waals surface area (Å²) in [5.74, 6) is -0.182. The Morgan fingerprint density at radius 3 is 2.52 bits per heavy atom. The van der Waals surface area contributed by atoms with Crippen LogP contribution in [0.2, 0.25) is 0 Å². The summed E-state index contributed by atoms with van der Waals surface area (Å²) in [6, 6.07) is 18.6. The Morgan fingerprint density at radius 1 is 1.00 bits per heavy atom. The third kappa shape index (κ3) is 3.21. The zero-order valence-corrected chi connectivity index (χ0v) is 14.5. The van der Waals surface area contributed by atoms with E-state index in [2.05, 4.69) is 35.6 Å². The van der Waals surface area contributed by atoms with Gasteiger partial charge in [0.1, 0.15) is 5.60 Å². The lowest BCUT2D eigenvalue weighted by Gasteiger charge is -2.39. The van der Waals surface area contributed by atoms with Crippen LogP contribution in [-0.2, 0) is 21.6 Å². The minimum Gasteiger partial charge on any atom is -0.454 e. The molecular weight excluding hydrogens is 310 g/mol. The largest absolute Gasteiger partial charge is 0.454 e. The van der Waals surface area contributed by atoms with E-state index in [0.29, 0.717) is 0 Å². The van der Waals surface area contributed by atoms with Crippen LogP contribution in [0.3, 0.4) is 0 Å². The van der Waals surface area contributed by atoms with Crippen LogP contribution >= 0.6 is 0 Å². The average molecular weight is 335 g/mol. The highest BCUT2D eigenvalue weighted by Gasteiger charge is 2.40. The molecule has 2 aromatic rings. The van der Waals surface area contributed by atoms with Gasteiger partial charge in [-0.3, -0.25) is 4.79 Å². The first kappa shape index (κ1) is 16.3. The van der Waals surface area contributed by atoms with Gasteiger partial charge >= 0.3 is 5.97 Å². The predicted molar refractivity (Wildman–Crippen MR) is 98.4 cm³/mol. The van der Waals surface area contributed by atoms with Crippen LogP contribution in [0.5, 0.6) is 0 Å². The molecule has 1 unspecified atom stereocenters.